The number of hydrogen-bond acceptors (Lipinski definition) is 6. The zero-order valence-corrected chi connectivity index (χ0v) is 17.2. The Bertz CT molecular complexity index is 1100. The number of benzene rings is 2. The maximum atomic E-state index is 5.83. The van der Waals surface area contributed by atoms with E-state index in [0.717, 1.165) is 26.0 Å². The van der Waals surface area contributed by atoms with E-state index in [1.54, 1.807) is 7.11 Å². The van der Waals surface area contributed by atoms with E-state index in [0.29, 0.717) is 23.1 Å². The predicted molar refractivity (Wildman–Crippen MR) is 110 cm³/mol. The highest BCUT2D eigenvalue weighted by molar-refractivity contribution is 14.1. The molecule has 6 nitrogen and oxygen atoms in total. The molecule has 0 saturated carbocycles. The van der Waals surface area contributed by atoms with Gasteiger partial charge in [-0.15, -0.1) is 0 Å². The van der Waals surface area contributed by atoms with Crippen molar-refractivity contribution in [3.8, 4) is 34.5 Å². The van der Waals surface area contributed by atoms with E-state index in [1.165, 1.54) is 0 Å². The molecule has 2 heterocycles. The van der Waals surface area contributed by atoms with Gasteiger partial charge >= 0.3 is 0 Å². The molecule has 2 aromatic heterocycles. The van der Waals surface area contributed by atoms with Crippen LogP contribution in [0.25, 0.3) is 34.0 Å². The highest BCUT2D eigenvalue weighted by Gasteiger charge is 2.16. The average Bonchev–Trinajstić information content (AvgIpc) is 3.29. The zero-order valence-electron chi connectivity index (χ0n) is 15.0. The number of halogens is 1. The molecule has 7 heteroatoms. The molecule has 0 radical (unpaired) electrons. The van der Waals surface area contributed by atoms with Gasteiger partial charge in [0.25, 0.3) is 5.89 Å². The van der Waals surface area contributed by atoms with Crippen molar-refractivity contribution >= 4 is 33.6 Å². The Kier molecular flexibility index (Phi) is 4.77. The summed E-state index contributed by atoms with van der Waals surface area (Å²) in [6.07, 6.45) is 0.118. The average molecular weight is 476 g/mol. The minimum Gasteiger partial charge on any atom is -0.497 e. The Hall–Kier alpha value is -2.55. The standard InChI is InChI=1S/C20H17IN2O4/c1-11(2)25-16-7-5-13(8-15(16)21)19-22-20(27-23-19)18-9-12-4-6-14(24-3)10-17(12)26-18/h4-11H,1-3H3. The molecule has 27 heavy (non-hydrogen) atoms. The molecule has 0 atom stereocenters. The lowest BCUT2D eigenvalue weighted by atomic mass is 10.2. The number of fused-ring (bicyclic) bond motifs is 1. The number of aromatic nitrogens is 2. The molecule has 0 spiro atoms. The Morgan fingerprint density at radius 2 is 1.93 bits per heavy atom. The molecule has 0 bridgehead atoms. The molecule has 0 N–H and O–H groups in total. The van der Waals surface area contributed by atoms with Crippen LogP contribution in [0.2, 0.25) is 0 Å². The number of hydrogen-bond donors (Lipinski definition) is 0. The maximum absolute atomic E-state index is 5.83. The van der Waals surface area contributed by atoms with E-state index in [4.69, 9.17) is 18.4 Å². The van der Waals surface area contributed by atoms with Gasteiger partial charge in [-0.3, -0.25) is 0 Å². The molecule has 0 saturated heterocycles. The van der Waals surface area contributed by atoms with E-state index >= 15 is 0 Å². The molecule has 2 aromatic carbocycles. The lowest BCUT2D eigenvalue weighted by Crippen LogP contribution is -2.06. The van der Waals surface area contributed by atoms with Crippen LogP contribution in [0, 0.1) is 3.57 Å². The first kappa shape index (κ1) is 17.8. The van der Waals surface area contributed by atoms with Crippen LogP contribution in [0.4, 0.5) is 0 Å². The van der Waals surface area contributed by atoms with Gasteiger partial charge < -0.3 is 18.4 Å². The second kappa shape index (κ2) is 7.22. The highest BCUT2D eigenvalue weighted by Crippen LogP contribution is 2.32. The van der Waals surface area contributed by atoms with Crippen molar-refractivity contribution in [1.29, 1.82) is 0 Å². The Morgan fingerprint density at radius 3 is 2.67 bits per heavy atom. The van der Waals surface area contributed by atoms with Crippen LogP contribution >= 0.6 is 22.6 Å². The summed E-state index contributed by atoms with van der Waals surface area (Å²) in [7, 11) is 1.62. The number of methoxy groups -OCH3 is 1. The number of rotatable bonds is 5. The first-order valence-electron chi connectivity index (χ1n) is 8.42. The van der Waals surface area contributed by atoms with Gasteiger partial charge in [0.05, 0.1) is 16.8 Å². The van der Waals surface area contributed by atoms with Gasteiger partial charge in [0.2, 0.25) is 5.82 Å². The number of ether oxygens (including phenoxy) is 2. The highest BCUT2D eigenvalue weighted by atomic mass is 127. The van der Waals surface area contributed by atoms with E-state index in [9.17, 15) is 0 Å². The lowest BCUT2D eigenvalue weighted by Gasteiger charge is -2.11. The molecule has 0 aliphatic carbocycles. The molecule has 0 fully saturated rings. The predicted octanol–water partition coefficient (Wildman–Crippen LogP) is 5.55. The molecule has 0 unspecified atom stereocenters. The van der Waals surface area contributed by atoms with Gasteiger partial charge in [-0.1, -0.05) is 5.16 Å². The van der Waals surface area contributed by atoms with Crippen molar-refractivity contribution in [2.75, 3.05) is 7.11 Å². The summed E-state index contributed by atoms with van der Waals surface area (Å²) >= 11 is 2.24. The summed E-state index contributed by atoms with van der Waals surface area (Å²) in [6.45, 7) is 4.00. The fraction of sp³-hybridized carbons (Fsp3) is 0.200. The summed E-state index contributed by atoms with van der Waals surface area (Å²) in [5.41, 5.74) is 1.55. The largest absolute Gasteiger partial charge is 0.497 e. The van der Waals surface area contributed by atoms with Crippen LogP contribution < -0.4 is 9.47 Å². The van der Waals surface area contributed by atoms with Gasteiger partial charge in [-0.05, 0) is 72.8 Å². The van der Waals surface area contributed by atoms with Crippen molar-refractivity contribution in [3.05, 3.63) is 46.0 Å². The van der Waals surface area contributed by atoms with E-state index in [1.807, 2.05) is 56.3 Å². The van der Waals surface area contributed by atoms with E-state index in [-0.39, 0.29) is 6.10 Å². The Labute approximate surface area is 169 Å². The van der Waals surface area contributed by atoms with Crippen LogP contribution in [-0.2, 0) is 0 Å². The molecular formula is C20H17IN2O4. The fourth-order valence-electron chi connectivity index (χ4n) is 2.67. The normalized spacial score (nSPS) is 11.3. The molecule has 0 amide bonds. The molecular weight excluding hydrogens is 459 g/mol. The van der Waals surface area contributed by atoms with Gasteiger partial charge in [0.15, 0.2) is 5.76 Å². The smallest absolute Gasteiger partial charge is 0.293 e. The summed E-state index contributed by atoms with van der Waals surface area (Å²) in [4.78, 5) is 4.47. The quantitative estimate of drug-likeness (QED) is 0.352. The van der Waals surface area contributed by atoms with Crippen molar-refractivity contribution in [2.45, 2.75) is 20.0 Å². The van der Waals surface area contributed by atoms with E-state index < -0.39 is 0 Å². The van der Waals surface area contributed by atoms with Gasteiger partial charge in [0, 0.05) is 17.0 Å². The van der Waals surface area contributed by atoms with Crippen molar-refractivity contribution in [2.24, 2.45) is 0 Å². The topological polar surface area (TPSA) is 70.5 Å². The Balaban J connectivity index is 1.64. The molecule has 4 rings (SSSR count). The maximum Gasteiger partial charge on any atom is 0.293 e. The van der Waals surface area contributed by atoms with Crippen molar-refractivity contribution in [1.82, 2.24) is 10.1 Å². The summed E-state index contributed by atoms with van der Waals surface area (Å²) in [5, 5.41) is 5.02. The van der Waals surface area contributed by atoms with Gasteiger partial charge in [0.1, 0.15) is 17.1 Å². The molecule has 0 aliphatic rings. The molecule has 0 aliphatic heterocycles. The minimum atomic E-state index is 0.118. The lowest BCUT2D eigenvalue weighted by molar-refractivity contribution is 0.240. The van der Waals surface area contributed by atoms with Crippen LogP contribution in [0.1, 0.15) is 13.8 Å². The Morgan fingerprint density at radius 1 is 1.07 bits per heavy atom. The second-order valence-electron chi connectivity index (χ2n) is 6.25. The number of nitrogens with zero attached hydrogens (tertiary/aromatic N) is 2. The second-order valence-corrected chi connectivity index (χ2v) is 7.41. The molecule has 138 valence electrons. The van der Waals surface area contributed by atoms with Crippen LogP contribution in [0.15, 0.2) is 51.4 Å². The van der Waals surface area contributed by atoms with Crippen molar-refractivity contribution < 1.29 is 18.4 Å². The van der Waals surface area contributed by atoms with Gasteiger partial charge in [-0.2, -0.15) is 4.98 Å². The van der Waals surface area contributed by atoms with E-state index in [2.05, 4.69) is 32.7 Å². The fourth-order valence-corrected chi connectivity index (χ4v) is 3.32. The summed E-state index contributed by atoms with van der Waals surface area (Å²) < 4.78 is 23.2. The third-order valence-corrected chi connectivity index (χ3v) is 4.76. The van der Waals surface area contributed by atoms with Crippen molar-refractivity contribution in [3.63, 3.8) is 0 Å². The minimum absolute atomic E-state index is 0.118. The first-order valence-corrected chi connectivity index (χ1v) is 9.49. The monoisotopic (exact) mass is 476 g/mol. The van der Waals surface area contributed by atoms with Gasteiger partial charge in [-0.25, -0.2) is 0 Å². The third-order valence-electron chi connectivity index (χ3n) is 3.92. The van der Waals surface area contributed by atoms with Crippen LogP contribution in [0.5, 0.6) is 11.5 Å². The number of furan rings is 1. The summed E-state index contributed by atoms with van der Waals surface area (Å²) in [6, 6.07) is 13.3. The van der Waals surface area contributed by atoms with Crippen LogP contribution in [-0.4, -0.2) is 23.4 Å². The first-order chi connectivity index (χ1) is 13.0. The SMILES string of the molecule is COc1ccc2cc(-c3nc(-c4ccc(OC(C)C)c(I)c4)no3)oc2c1. The third kappa shape index (κ3) is 3.64. The molecule has 4 aromatic rings. The zero-order chi connectivity index (χ0) is 19.0. The summed E-state index contributed by atoms with van der Waals surface area (Å²) in [5.74, 6) is 2.92. The van der Waals surface area contributed by atoms with Crippen LogP contribution in [0.3, 0.4) is 0 Å².